The van der Waals surface area contributed by atoms with Crippen molar-refractivity contribution in [3.8, 4) is 0 Å². The minimum absolute atomic E-state index is 0.190. The smallest absolute Gasteiger partial charge is 0.394 e. The normalized spacial score (nSPS) is 19.4. The molecule has 1 N–H and O–H groups in total. The maximum atomic E-state index is 8.08. The first-order valence-corrected chi connectivity index (χ1v) is 6.99. The predicted molar refractivity (Wildman–Crippen MR) is 58.7 cm³/mol. The van der Waals surface area contributed by atoms with Gasteiger partial charge in [-0.05, 0) is 0 Å². The van der Waals surface area contributed by atoms with Crippen LogP contribution in [0.25, 0.3) is 0 Å². The largest absolute Gasteiger partial charge is 0.500 e. The molecule has 0 aliphatic carbocycles. The van der Waals surface area contributed by atoms with Gasteiger partial charge in [-0.25, -0.2) is 0 Å². The number of hydrogen-bond acceptors (Lipinski definition) is 5. The second-order valence-electron chi connectivity index (χ2n) is 3.18. The van der Waals surface area contributed by atoms with E-state index in [0.717, 1.165) is 19.1 Å². The van der Waals surface area contributed by atoms with Gasteiger partial charge in [0.15, 0.2) is 0 Å². The molecule has 0 saturated carbocycles. The van der Waals surface area contributed by atoms with Crippen LogP contribution in [0.5, 0.6) is 0 Å². The predicted octanol–water partition coefficient (Wildman–Crippen LogP) is 0.652. The summed E-state index contributed by atoms with van der Waals surface area (Å²) in [6, 6.07) is 0.885. The summed E-state index contributed by atoms with van der Waals surface area (Å²) in [7, 11) is 2.68. The van der Waals surface area contributed by atoms with Gasteiger partial charge in [0, 0.05) is 27.4 Å². The van der Waals surface area contributed by atoms with Gasteiger partial charge >= 0.3 is 8.80 Å². The number of ether oxygens (including phenoxy) is 1. The minimum atomic E-state index is -2.22. The lowest BCUT2D eigenvalue weighted by atomic mass is 10.5. The zero-order valence-corrected chi connectivity index (χ0v) is 11.0. The highest BCUT2D eigenvalue weighted by Crippen LogP contribution is 2.13. The van der Waals surface area contributed by atoms with Gasteiger partial charge in [-0.15, -0.1) is 0 Å². The second kappa shape index (κ2) is 8.20. The van der Waals surface area contributed by atoms with Crippen LogP contribution in [0.3, 0.4) is 0 Å². The van der Waals surface area contributed by atoms with Crippen LogP contribution in [0.15, 0.2) is 0 Å². The van der Waals surface area contributed by atoms with Crippen molar-refractivity contribution in [1.82, 2.24) is 0 Å². The molecule has 0 bridgehead atoms. The highest BCUT2D eigenvalue weighted by atomic mass is 28.4. The molecule has 1 fully saturated rings. The van der Waals surface area contributed by atoms with E-state index in [0.29, 0.717) is 0 Å². The van der Waals surface area contributed by atoms with Gasteiger partial charge in [0.05, 0.1) is 13.2 Å². The molecule has 15 heavy (non-hydrogen) atoms. The molecule has 6 heteroatoms. The summed E-state index contributed by atoms with van der Waals surface area (Å²) in [4.78, 5) is 0. The fourth-order valence-corrected chi connectivity index (χ4v) is 2.76. The van der Waals surface area contributed by atoms with Gasteiger partial charge in [0.2, 0.25) is 0 Å². The summed E-state index contributed by atoms with van der Waals surface area (Å²) in [6.45, 7) is 3.04. The fourth-order valence-electron chi connectivity index (χ4n) is 1.04. The number of aliphatic hydroxyl groups is 1. The number of rotatable bonds is 6. The topological polar surface area (TPSA) is 60.5 Å². The van der Waals surface area contributed by atoms with Crippen LogP contribution >= 0.6 is 0 Å². The van der Waals surface area contributed by atoms with Gasteiger partial charge in [-0.3, -0.25) is 0 Å². The SMILES string of the molecule is CCC[Si](OC)(OC)OC.OCC1CO1. The highest BCUT2D eigenvalue weighted by molar-refractivity contribution is 6.60. The zero-order chi connectivity index (χ0) is 11.7. The van der Waals surface area contributed by atoms with Crippen LogP contribution < -0.4 is 0 Å². The summed E-state index contributed by atoms with van der Waals surface area (Å²) >= 11 is 0. The van der Waals surface area contributed by atoms with E-state index in [-0.39, 0.29) is 12.7 Å². The van der Waals surface area contributed by atoms with Crippen LogP contribution in [0, 0.1) is 0 Å². The standard InChI is InChI=1S/C6H16O3Si.C3H6O2/c1-5-6-10(7-2,8-3)9-4;4-1-3-2-5-3/h5-6H2,1-4H3;3-4H,1-2H2. The van der Waals surface area contributed by atoms with E-state index in [4.69, 9.17) is 18.4 Å². The molecular formula is C9H22O5Si. The van der Waals surface area contributed by atoms with E-state index < -0.39 is 8.80 Å². The summed E-state index contributed by atoms with van der Waals surface area (Å²) < 4.78 is 20.1. The molecule has 1 saturated heterocycles. The molecule has 0 spiro atoms. The molecule has 1 aliphatic heterocycles. The second-order valence-corrected chi connectivity index (χ2v) is 6.27. The van der Waals surface area contributed by atoms with Crippen LogP contribution in [0.4, 0.5) is 0 Å². The van der Waals surface area contributed by atoms with Crippen LogP contribution in [0.1, 0.15) is 13.3 Å². The molecule has 1 unspecified atom stereocenters. The Labute approximate surface area is 92.7 Å². The van der Waals surface area contributed by atoms with E-state index in [1.54, 1.807) is 21.3 Å². The zero-order valence-electron chi connectivity index (χ0n) is 9.99. The van der Waals surface area contributed by atoms with Crippen molar-refractivity contribution in [2.45, 2.75) is 25.5 Å². The molecule has 1 heterocycles. The molecule has 0 radical (unpaired) electrons. The first-order chi connectivity index (χ1) is 7.17. The van der Waals surface area contributed by atoms with Crippen LogP contribution in [-0.4, -0.2) is 54.6 Å². The molecule has 0 aromatic heterocycles. The Morgan fingerprint density at radius 2 is 1.73 bits per heavy atom. The van der Waals surface area contributed by atoms with Gasteiger partial charge in [0.25, 0.3) is 0 Å². The van der Waals surface area contributed by atoms with Crippen LogP contribution in [-0.2, 0) is 18.0 Å². The van der Waals surface area contributed by atoms with Gasteiger partial charge in [-0.2, -0.15) is 0 Å². The van der Waals surface area contributed by atoms with Crippen molar-refractivity contribution in [3.63, 3.8) is 0 Å². The van der Waals surface area contributed by atoms with Gasteiger partial charge in [0.1, 0.15) is 6.10 Å². The van der Waals surface area contributed by atoms with E-state index in [1.807, 2.05) is 0 Å². The Morgan fingerprint density at radius 1 is 1.27 bits per heavy atom. The van der Waals surface area contributed by atoms with E-state index in [2.05, 4.69) is 11.7 Å². The molecule has 0 aromatic rings. The number of hydrogen-bond donors (Lipinski definition) is 1. The summed E-state index contributed by atoms with van der Waals surface area (Å²) in [5, 5.41) is 8.08. The number of aliphatic hydroxyl groups excluding tert-OH is 1. The maximum Gasteiger partial charge on any atom is 0.500 e. The Bertz CT molecular complexity index is 139. The van der Waals surface area contributed by atoms with Crippen molar-refractivity contribution < 1.29 is 23.1 Å². The summed E-state index contributed by atoms with van der Waals surface area (Å²) in [6.07, 6.45) is 1.22. The fraction of sp³-hybridized carbons (Fsp3) is 1.00. The Kier molecular flexibility index (Phi) is 8.21. The summed E-state index contributed by atoms with van der Waals surface area (Å²) in [5.74, 6) is 0. The quantitative estimate of drug-likeness (QED) is 0.544. The molecule has 1 atom stereocenters. The molecular weight excluding hydrogens is 216 g/mol. The molecule has 5 nitrogen and oxygen atoms in total. The molecule has 1 aliphatic rings. The van der Waals surface area contributed by atoms with Crippen molar-refractivity contribution in [2.24, 2.45) is 0 Å². The average Bonchev–Trinajstić information content (AvgIpc) is 3.10. The Balaban J connectivity index is 0.000000322. The van der Waals surface area contributed by atoms with Crippen molar-refractivity contribution >= 4 is 8.80 Å². The molecule has 92 valence electrons. The lowest BCUT2D eigenvalue weighted by molar-refractivity contribution is 0.123. The third-order valence-corrected chi connectivity index (χ3v) is 5.07. The van der Waals surface area contributed by atoms with Crippen LogP contribution in [0.2, 0.25) is 6.04 Å². The Hall–Kier alpha value is 0.0169. The van der Waals surface area contributed by atoms with Gasteiger partial charge in [-0.1, -0.05) is 13.3 Å². The van der Waals surface area contributed by atoms with Crippen molar-refractivity contribution in [1.29, 1.82) is 0 Å². The number of epoxide rings is 1. The first kappa shape index (κ1) is 15.0. The minimum Gasteiger partial charge on any atom is -0.394 e. The van der Waals surface area contributed by atoms with Crippen molar-refractivity contribution in [3.05, 3.63) is 0 Å². The van der Waals surface area contributed by atoms with E-state index in [9.17, 15) is 0 Å². The molecule has 1 rings (SSSR count). The van der Waals surface area contributed by atoms with Gasteiger partial charge < -0.3 is 23.1 Å². The highest BCUT2D eigenvalue weighted by Gasteiger charge is 2.36. The third-order valence-electron chi connectivity index (χ3n) is 2.10. The lowest BCUT2D eigenvalue weighted by Gasteiger charge is -2.23. The monoisotopic (exact) mass is 238 g/mol. The molecule has 0 aromatic carbocycles. The lowest BCUT2D eigenvalue weighted by Crippen LogP contribution is -2.42. The van der Waals surface area contributed by atoms with Crippen molar-refractivity contribution in [2.75, 3.05) is 34.5 Å². The maximum absolute atomic E-state index is 8.08. The summed E-state index contributed by atoms with van der Waals surface area (Å²) in [5.41, 5.74) is 0. The average molecular weight is 238 g/mol. The third kappa shape index (κ3) is 6.24. The molecule has 0 amide bonds. The first-order valence-electron chi connectivity index (χ1n) is 5.05. The van der Waals surface area contributed by atoms with E-state index in [1.165, 1.54) is 0 Å². The van der Waals surface area contributed by atoms with E-state index >= 15 is 0 Å². The Morgan fingerprint density at radius 3 is 1.80 bits per heavy atom.